The standard InChI is InChI=1S/C32H28ClF4N5O4/c1-40-25-15-41(14-18(25)13-38-40)28(43)16-5-8-20-24(12-16)42(39-27(20)19-7-6-17(30(45)46)11-23(19)34)29(44)26-21(3-2-4-22(26)33)31(9-10-31)32(35,36)37/h2-4,6-7,11,13,16,30,45-46H,5,8-10,12,14-15H2,1H3. The van der Waals surface area contributed by atoms with Gasteiger partial charge in [-0.1, -0.05) is 29.8 Å². The molecule has 2 aromatic carbocycles. The zero-order chi connectivity index (χ0) is 32.7. The van der Waals surface area contributed by atoms with Crippen molar-refractivity contribution in [2.45, 2.75) is 63.1 Å². The minimum Gasteiger partial charge on any atom is -0.364 e. The van der Waals surface area contributed by atoms with Gasteiger partial charge in [-0.25, -0.2) is 4.39 Å². The van der Waals surface area contributed by atoms with Gasteiger partial charge in [0.2, 0.25) is 5.91 Å². The number of aryl methyl sites for hydroxylation is 1. The minimum absolute atomic E-state index is 0.0344. The van der Waals surface area contributed by atoms with E-state index in [1.54, 1.807) is 22.8 Å². The van der Waals surface area contributed by atoms with Gasteiger partial charge >= 0.3 is 6.18 Å². The van der Waals surface area contributed by atoms with E-state index >= 15 is 4.39 Å². The number of hydrogen-bond donors (Lipinski definition) is 2. The zero-order valence-electron chi connectivity index (χ0n) is 24.5. The third kappa shape index (κ3) is 4.75. The molecule has 14 heteroatoms. The molecule has 4 aromatic rings. The summed E-state index contributed by atoms with van der Waals surface area (Å²) < 4.78 is 60.9. The lowest BCUT2D eigenvalue weighted by atomic mass is 9.84. The SMILES string of the molecule is Cn1ncc2c1CN(C(=O)C1CCc3c(-c4ccc(C(O)O)cc4F)nn(C(=O)c4c(Cl)cccc4C4(C(F)(F)F)CC4)c3C1)C2. The molecule has 1 aliphatic heterocycles. The van der Waals surface area contributed by atoms with E-state index in [4.69, 9.17) is 11.6 Å². The average molecular weight is 658 g/mol. The molecule has 0 spiro atoms. The van der Waals surface area contributed by atoms with Crippen molar-refractivity contribution in [2.24, 2.45) is 13.0 Å². The van der Waals surface area contributed by atoms with Crippen molar-refractivity contribution in [2.75, 3.05) is 0 Å². The number of aliphatic hydroxyl groups is 2. The van der Waals surface area contributed by atoms with Gasteiger partial charge < -0.3 is 15.1 Å². The second-order valence-electron chi connectivity index (χ2n) is 12.2. The van der Waals surface area contributed by atoms with Gasteiger partial charge in [-0.2, -0.15) is 28.1 Å². The van der Waals surface area contributed by atoms with Gasteiger partial charge in [0.05, 0.1) is 45.8 Å². The minimum atomic E-state index is -4.62. The van der Waals surface area contributed by atoms with Crippen molar-refractivity contribution in [3.05, 3.63) is 92.6 Å². The van der Waals surface area contributed by atoms with Crippen LogP contribution in [0.5, 0.6) is 0 Å². The lowest BCUT2D eigenvalue weighted by molar-refractivity contribution is -0.160. The normalized spacial score (nSPS) is 18.5. The summed E-state index contributed by atoms with van der Waals surface area (Å²) in [6.45, 7) is 0.750. The molecule has 2 aromatic heterocycles. The maximum atomic E-state index is 15.4. The maximum absolute atomic E-state index is 15.4. The first-order valence-corrected chi connectivity index (χ1v) is 15.1. The first-order chi connectivity index (χ1) is 21.8. The summed E-state index contributed by atoms with van der Waals surface area (Å²) in [6.07, 6.45) is -4.57. The second kappa shape index (κ2) is 10.7. The summed E-state index contributed by atoms with van der Waals surface area (Å²) in [4.78, 5) is 29.8. The molecule has 0 radical (unpaired) electrons. The first-order valence-electron chi connectivity index (χ1n) is 14.8. The largest absolute Gasteiger partial charge is 0.398 e. The highest BCUT2D eigenvalue weighted by Gasteiger charge is 2.65. The van der Waals surface area contributed by atoms with Crippen molar-refractivity contribution in [1.82, 2.24) is 24.5 Å². The maximum Gasteiger partial charge on any atom is 0.398 e. The second-order valence-corrected chi connectivity index (χ2v) is 12.6. The number of halogens is 5. The number of hydrogen-bond acceptors (Lipinski definition) is 6. The Bertz CT molecular complexity index is 1910. The molecule has 1 fully saturated rings. The number of amides is 1. The molecular weight excluding hydrogens is 630 g/mol. The van der Waals surface area contributed by atoms with E-state index in [1.165, 1.54) is 30.3 Å². The monoisotopic (exact) mass is 657 g/mol. The molecule has 1 atom stereocenters. The number of aliphatic hydroxyl groups excluding tert-OH is 1. The van der Waals surface area contributed by atoms with Crippen molar-refractivity contribution in [1.29, 1.82) is 0 Å². The first kappa shape index (κ1) is 30.6. The Morgan fingerprint density at radius 3 is 2.52 bits per heavy atom. The van der Waals surface area contributed by atoms with Crippen LogP contribution in [0.1, 0.15) is 69.6 Å². The van der Waals surface area contributed by atoms with Crippen LogP contribution in [-0.4, -0.2) is 52.7 Å². The summed E-state index contributed by atoms with van der Waals surface area (Å²) >= 11 is 6.44. The van der Waals surface area contributed by atoms with E-state index in [2.05, 4.69) is 10.2 Å². The number of fused-ring (bicyclic) bond motifs is 2. The van der Waals surface area contributed by atoms with Crippen LogP contribution in [0.2, 0.25) is 5.02 Å². The molecule has 1 amide bonds. The van der Waals surface area contributed by atoms with Gasteiger partial charge in [-0.15, -0.1) is 0 Å². The van der Waals surface area contributed by atoms with E-state index < -0.39 is 35.5 Å². The summed E-state index contributed by atoms with van der Waals surface area (Å²) in [5.74, 6) is -2.46. The van der Waals surface area contributed by atoms with Crippen LogP contribution >= 0.6 is 11.6 Å². The molecule has 9 nitrogen and oxygen atoms in total. The van der Waals surface area contributed by atoms with Crippen LogP contribution in [0.15, 0.2) is 42.6 Å². The van der Waals surface area contributed by atoms with Crippen LogP contribution < -0.4 is 0 Å². The third-order valence-corrected chi connectivity index (χ3v) is 9.87. The third-order valence-electron chi connectivity index (χ3n) is 9.56. The Kier molecular flexibility index (Phi) is 7.14. The van der Waals surface area contributed by atoms with Crippen LogP contribution in [0.25, 0.3) is 11.3 Å². The molecule has 1 saturated carbocycles. The van der Waals surface area contributed by atoms with Crippen LogP contribution in [-0.2, 0) is 43.2 Å². The molecule has 46 heavy (non-hydrogen) atoms. The van der Waals surface area contributed by atoms with E-state index in [9.17, 15) is 33.0 Å². The Morgan fingerprint density at radius 1 is 1.11 bits per heavy atom. The Hall–Kier alpha value is -4.07. The highest BCUT2D eigenvalue weighted by Crippen LogP contribution is 2.60. The average Bonchev–Trinajstić information content (AvgIpc) is 3.44. The molecular formula is C32H28ClF4N5O4. The summed E-state index contributed by atoms with van der Waals surface area (Å²) in [7, 11) is 1.80. The summed E-state index contributed by atoms with van der Waals surface area (Å²) in [5, 5.41) is 27.5. The quantitative estimate of drug-likeness (QED) is 0.231. The number of carbonyl (C=O) groups is 2. The van der Waals surface area contributed by atoms with Crippen molar-refractivity contribution in [3.63, 3.8) is 0 Å². The Balaban J connectivity index is 1.32. The Morgan fingerprint density at radius 2 is 1.87 bits per heavy atom. The van der Waals surface area contributed by atoms with Crippen LogP contribution in [0.4, 0.5) is 17.6 Å². The van der Waals surface area contributed by atoms with Gasteiger partial charge in [0, 0.05) is 48.2 Å². The number of rotatable bonds is 5. The van der Waals surface area contributed by atoms with E-state index in [1.807, 2.05) is 0 Å². The topological polar surface area (TPSA) is 113 Å². The fraction of sp³-hybridized carbons (Fsp3) is 0.375. The highest BCUT2D eigenvalue weighted by molar-refractivity contribution is 6.34. The number of benzene rings is 2. The molecule has 1 unspecified atom stereocenters. The van der Waals surface area contributed by atoms with Crippen molar-refractivity contribution >= 4 is 23.4 Å². The van der Waals surface area contributed by atoms with E-state index in [0.717, 1.165) is 22.0 Å². The van der Waals surface area contributed by atoms with Crippen LogP contribution in [0.3, 0.4) is 0 Å². The molecule has 0 saturated heterocycles. The lowest BCUT2D eigenvalue weighted by Gasteiger charge is -2.27. The predicted octanol–water partition coefficient (Wildman–Crippen LogP) is 4.99. The lowest BCUT2D eigenvalue weighted by Crippen LogP contribution is -2.36. The van der Waals surface area contributed by atoms with Gasteiger partial charge in [0.25, 0.3) is 5.91 Å². The molecule has 240 valence electrons. The molecule has 3 aliphatic rings. The number of aromatic nitrogens is 4. The molecule has 7 rings (SSSR count). The predicted molar refractivity (Wildman–Crippen MR) is 156 cm³/mol. The number of carbonyl (C=O) groups excluding carboxylic acids is 2. The molecule has 0 bridgehead atoms. The Labute approximate surface area is 265 Å². The molecule has 3 heterocycles. The smallest absolute Gasteiger partial charge is 0.364 e. The summed E-state index contributed by atoms with van der Waals surface area (Å²) in [6, 6.07) is 7.51. The molecule has 2 N–H and O–H groups in total. The van der Waals surface area contributed by atoms with Crippen molar-refractivity contribution < 1.29 is 37.4 Å². The van der Waals surface area contributed by atoms with Crippen LogP contribution in [0, 0.1) is 11.7 Å². The summed E-state index contributed by atoms with van der Waals surface area (Å²) in [5.41, 5.74) is -0.233. The fourth-order valence-electron chi connectivity index (χ4n) is 6.87. The van der Waals surface area contributed by atoms with Crippen molar-refractivity contribution in [3.8, 4) is 11.3 Å². The highest BCUT2D eigenvalue weighted by atomic mass is 35.5. The molecule has 2 aliphatic carbocycles. The van der Waals surface area contributed by atoms with Gasteiger partial charge in [-0.3, -0.25) is 14.3 Å². The van der Waals surface area contributed by atoms with E-state index in [0.29, 0.717) is 25.1 Å². The van der Waals surface area contributed by atoms with Gasteiger partial charge in [0.1, 0.15) is 5.82 Å². The number of nitrogens with zero attached hydrogens (tertiary/aromatic N) is 5. The van der Waals surface area contributed by atoms with E-state index in [-0.39, 0.29) is 70.3 Å². The number of alkyl halides is 3. The van der Waals surface area contributed by atoms with Gasteiger partial charge in [-0.05, 0) is 49.4 Å². The zero-order valence-corrected chi connectivity index (χ0v) is 25.2. The fourth-order valence-corrected chi connectivity index (χ4v) is 7.12. The van der Waals surface area contributed by atoms with Gasteiger partial charge in [0.15, 0.2) is 6.29 Å².